The number of hydrogen-bond acceptors (Lipinski definition) is 4. The summed E-state index contributed by atoms with van der Waals surface area (Å²) in [5, 5.41) is 0. The molecule has 0 radical (unpaired) electrons. The first kappa shape index (κ1) is 13.2. The Morgan fingerprint density at radius 2 is 2.20 bits per heavy atom. The first-order valence-corrected chi connectivity index (χ1v) is 7.27. The number of aromatic nitrogens is 4. The molecule has 1 aliphatic rings. The number of hydrogen-bond donors (Lipinski definition) is 0. The van der Waals surface area contributed by atoms with E-state index < -0.39 is 0 Å². The third-order valence-corrected chi connectivity index (χ3v) is 3.84. The molecule has 3 heterocycles. The Hall–Kier alpha value is -1.75. The van der Waals surface area contributed by atoms with Crippen molar-refractivity contribution in [2.45, 2.75) is 39.3 Å². The van der Waals surface area contributed by atoms with Gasteiger partial charge in [-0.3, -0.25) is 4.90 Å². The highest BCUT2D eigenvalue weighted by Gasteiger charge is 2.19. The fraction of sp³-hybridized carbons (Fsp3) is 0.533. The van der Waals surface area contributed by atoms with Crippen LogP contribution in [-0.4, -0.2) is 31.0 Å². The van der Waals surface area contributed by atoms with Crippen LogP contribution < -0.4 is 0 Å². The lowest BCUT2D eigenvalue weighted by Gasteiger charge is -2.27. The Morgan fingerprint density at radius 1 is 1.30 bits per heavy atom. The summed E-state index contributed by atoms with van der Waals surface area (Å²) < 4.78 is 2.08. The van der Waals surface area contributed by atoms with Gasteiger partial charge in [0.05, 0.1) is 12.0 Å². The standard InChI is InChI=1S/C15H21N5/c1-3-4-15-17-7-12-9-20(6-5-14(12)18-15)10-13-8-16-11-19(13)2/h7-8,11H,3-6,9-10H2,1-2H3. The van der Waals surface area contributed by atoms with E-state index in [4.69, 9.17) is 4.98 Å². The van der Waals surface area contributed by atoms with Crippen molar-refractivity contribution in [3.05, 3.63) is 41.5 Å². The van der Waals surface area contributed by atoms with Gasteiger partial charge in [0, 0.05) is 63.2 Å². The molecule has 2 aromatic heterocycles. The Balaban J connectivity index is 1.71. The van der Waals surface area contributed by atoms with E-state index in [1.807, 2.05) is 25.8 Å². The van der Waals surface area contributed by atoms with E-state index in [9.17, 15) is 0 Å². The van der Waals surface area contributed by atoms with Crippen LogP contribution in [0.4, 0.5) is 0 Å². The Morgan fingerprint density at radius 3 is 2.95 bits per heavy atom. The Kier molecular flexibility index (Phi) is 3.78. The van der Waals surface area contributed by atoms with Crippen LogP contribution in [0, 0.1) is 0 Å². The monoisotopic (exact) mass is 271 g/mol. The van der Waals surface area contributed by atoms with E-state index in [2.05, 4.69) is 26.4 Å². The Bertz CT molecular complexity index is 590. The molecule has 0 aromatic carbocycles. The quantitative estimate of drug-likeness (QED) is 0.849. The van der Waals surface area contributed by atoms with Gasteiger partial charge in [-0.05, 0) is 6.42 Å². The average Bonchev–Trinajstić information content (AvgIpc) is 2.85. The summed E-state index contributed by atoms with van der Waals surface area (Å²) in [5.74, 6) is 0.992. The predicted octanol–water partition coefficient (Wildman–Crippen LogP) is 1.72. The Labute approximate surface area is 119 Å². The summed E-state index contributed by atoms with van der Waals surface area (Å²) in [6.45, 7) is 5.10. The maximum Gasteiger partial charge on any atom is 0.128 e. The largest absolute Gasteiger partial charge is 0.337 e. The summed E-state index contributed by atoms with van der Waals surface area (Å²) >= 11 is 0. The average molecular weight is 271 g/mol. The van der Waals surface area contributed by atoms with Gasteiger partial charge in [0.15, 0.2) is 0 Å². The molecule has 0 amide bonds. The molecule has 20 heavy (non-hydrogen) atoms. The maximum absolute atomic E-state index is 4.70. The van der Waals surface area contributed by atoms with E-state index >= 15 is 0 Å². The smallest absolute Gasteiger partial charge is 0.128 e. The van der Waals surface area contributed by atoms with Crippen molar-refractivity contribution in [3.63, 3.8) is 0 Å². The SMILES string of the molecule is CCCc1ncc2c(n1)CCN(Cc1cncn1C)C2. The van der Waals surface area contributed by atoms with Crippen molar-refractivity contribution < 1.29 is 0 Å². The van der Waals surface area contributed by atoms with Gasteiger partial charge in [-0.15, -0.1) is 0 Å². The molecule has 0 saturated carbocycles. The molecule has 3 rings (SSSR count). The molecule has 5 heteroatoms. The number of rotatable bonds is 4. The number of fused-ring (bicyclic) bond motifs is 1. The second-order valence-electron chi connectivity index (χ2n) is 5.46. The molecule has 0 atom stereocenters. The van der Waals surface area contributed by atoms with Crippen LogP contribution in [0.25, 0.3) is 0 Å². The van der Waals surface area contributed by atoms with Gasteiger partial charge in [0.25, 0.3) is 0 Å². The minimum atomic E-state index is 0.937. The van der Waals surface area contributed by atoms with Crippen LogP contribution in [0.5, 0.6) is 0 Å². The zero-order valence-corrected chi connectivity index (χ0v) is 12.2. The molecule has 1 aliphatic heterocycles. The van der Waals surface area contributed by atoms with Gasteiger partial charge in [-0.1, -0.05) is 6.92 Å². The molecule has 0 N–H and O–H groups in total. The third-order valence-electron chi connectivity index (χ3n) is 3.84. The van der Waals surface area contributed by atoms with Crippen molar-refractivity contribution in [2.24, 2.45) is 7.05 Å². The summed E-state index contributed by atoms with van der Waals surface area (Å²) in [5.41, 5.74) is 3.76. The third kappa shape index (κ3) is 2.72. The van der Waals surface area contributed by atoms with E-state index in [0.717, 1.165) is 44.7 Å². The molecule has 0 spiro atoms. The minimum Gasteiger partial charge on any atom is -0.337 e. The van der Waals surface area contributed by atoms with Crippen molar-refractivity contribution in [1.82, 2.24) is 24.4 Å². The van der Waals surface area contributed by atoms with Crippen LogP contribution in [0.1, 0.15) is 36.1 Å². The van der Waals surface area contributed by atoms with Gasteiger partial charge < -0.3 is 4.57 Å². The zero-order valence-electron chi connectivity index (χ0n) is 12.2. The number of nitrogens with zero attached hydrogens (tertiary/aromatic N) is 5. The summed E-state index contributed by atoms with van der Waals surface area (Å²) in [7, 11) is 2.04. The molecule has 0 aliphatic carbocycles. The molecule has 106 valence electrons. The topological polar surface area (TPSA) is 46.8 Å². The van der Waals surface area contributed by atoms with Crippen LogP contribution >= 0.6 is 0 Å². The fourth-order valence-corrected chi connectivity index (χ4v) is 2.66. The molecule has 0 fully saturated rings. The van der Waals surface area contributed by atoms with E-state index in [-0.39, 0.29) is 0 Å². The van der Waals surface area contributed by atoms with Crippen LogP contribution in [0.15, 0.2) is 18.7 Å². The van der Waals surface area contributed by atoms with Crippen molar-refractivity contribution in [3.8, 4) is 0 Å². The van der Waals surface area contributed by atoms with E-state index in [1.54, 1.807) is 0 Å². The van der Waals surface area contributed by atoms with E-state index in [0.29, 0.717) is 0 Å². The van der Waals surface area contributed by atoms with Gasteiger partial charge in [-0.2, -0.15) is 0 Å². The molecular weight excluding hydrogens is 250 g/mol. The van der Waals surface area contributed by atoms with Crippen molar-refractivity contribution in [1.29, 1.82) is 0 Å². The highest BCUT2D eigenvalue weighted by Crippen LogP contribution is 2.18. The van der Waals surface area contributed by atoms with Gasteiger partial charge in [-0.25, -0.2) is 15.0 Å². The summed E-state index contributed by atoms with van der Waals surface area (Å²) in [4.78, 5) is 15.8. The summed E-state index contributed by atoms with van der Waals surface area (Å²) in [6.07, 6.45) is 8.91. The van der Waals surface area contributed by atoms with Gasteiger partial charge >= 0.3 is 0 Å². The first-order valence-electron chi connectivity index (χ1n) is 7.27. The molecule has 0 bridgehead atoms. The molecule has 0 unspecified atom stereocenters. The lowest BCUT2D eigenvalue weighted by atomic mass is 10.1. The molecule has 2 aromatic rings. The normalized spacial score (nSPS) is 15.3. The second-order valence-corrected chi connectivity index (χ2v) is 5.46. The fourth-order valence-electron chi connectivity index (χ4n) is 2.66. The molecular formula is C15H21N5. The zero-order chi connectivity index (χ0) is 13.9. The van der Waals surface area contributed by atoms with E-state index in [1.165, 1.54) is 17.0 Å². The van der Waals surface area contributed by atoms with Crippen LogP contribution in [0.3, 0.4) is 0 Å². The van der Waals surface area contributed by atoms with Crippen LogP contribution in [0.2, 0.25) is 0 Å². The minimum absolute atomic E-state index is 0.937. The second kappa shape index (κ2) is 5.71. The molecule has 5 nitrogen and oxygen atoms in total. The number of aryl methyl sites for hydroxylation is 2. The van der Waals surface area contributed by atoms with Crippen molar-refractivity contribution in [2.75, 3.05) is 6.54 Å². The number of imidazole rings is 1. The van der Waals surface area contributed by atoms with Crippen LogP contribution in [-0.2, 0) is 33.0 Å². The lowest BCUT2D eigenvalue weighted by molar-refractivity contribution is 0.237. The summed E-state index contributed by atoms with van der Waals surface area (Å²) in [6, 6.07) is 0. The lowest BCUT2D eigenvalue weighted by Crippen LogP contribution is -2.31. The van der Waals surface area contributed by atoms with Crippen molar-refractivity contribution >= 4 is 0 Å². The first-order chi connectivity index (χ1) is 9.76. The van der Waals surface area contributed by atoms with Gasteiger partial charge in [0.2, 0.25) is 0 Å². The maximum atomic E-state index is 4.70. The predicted molar refractivity (Wildman–Crippen MR) is 77.1 cm³/mol. The molecule has 0 saturated heterocycles. The van der Waals surface area contributed by atoms with Gasteiger partial charge in [0.1, 0.15) is 5.82 Å². The highest BCUT2D eigenvalue weighted by molar-refractivity contribution is 5.21. The highest BCUT2D eigenvalue weighted by atomic mass is 15.2.